The smallest absolute Gasteiger partial charge is 0.311 e. The number of fused-ring (bicyclic) bond motifs is 1. The zero-order valence-corrected chi connectivity index (χ0v) is 16.6. The van der Waals surface area contributed by atoms with E-state index >= 15 is 0 Å². The minimum atomic E-state index is -0.366. The number of aryl methyl sites for hydroxylation is 1. The Balaban J connectivity index is 1.85. The van der Waals surface area contributed by atoms with Gasteiger partial charge in [0.05, 0.1) is 18.8 Å². The lowest BCUT2D eigenvalue weighted by atomic mass is 9.46. The Morgan fingerprint density at radius 1 is 1.42 bits per heavy atom. The van der Waals surface area contributed by atoms with Crippen LogP contribution < -0.4 is 5.73 Å². The van der Waals surface area contributed by atoms with Crippen molar-refractivity contribution in [2.45, 2.75) is 65.3 Å². The standard InChI is InChI=1S/C22H33NO3/c1-15-6-9-19-21(2,11-5-12-22(19,3)20(24)25-4)17(15)8-7-16-10-13-26-18(16)14-23/h10,13,17,19H,1,5-9,11-12,14,23H2,2-4H3/p+1/t17-,19+,21+,22-/m0/s1. The van der Waals surface area contributed by atoms with E-state index in [9.17, 15) is 4.79 Å². The summed E-state index contributed by atoms with van der Waals surface area (Å²) in [5.41, 5.74) is 6.34. The van der Waals surface area contributed by atoms with Crippen molar-refractivity contribution in [3.05, 3.63) is 35.8 Å². The number of esters is 1. The molecule has 26 heavy (non-hydrogen) atoms. The quantitative estimate of drug-likeness (QED) is 0.639. The van der Waals surface area contributed by atoms with Gasteiger partial charge in [0.2, 0.25) is 0 Å². The van der Waals surface area contributed by atoms with Crippen LogP contribution in [0.3, 0.4) is 0 Å². The van der Waals surface area contributed by atoms with Gasteiger partial charge in [-0.25, -0.2) is 0 Å². The molecule has 1 heterocycles. The maximum Gasteiger partial charge on any atom is 0.311 e. The van der Waals surface area contributed by atoms with Crippen molar-refractivity contribution in [1.29, 1.82) is 0 Å². The van der Waals surface area contributed by atoms with E-state index in [1.807, 2.05) is 0 Å². The van der Waals surface area contributed by atoms with Gasteiger partial charge in [0.1, 0.15) is 6.54 Å². The zero-order valence-electron chi connectivity index (χ0n) is 16.6. The van der Waals surface area contributed by atoms with Crippen LogP contribution in [0.2, 0.25) is 0 Å². The molecular weight excluding hydrogens is 326 g/mol. The van der Waals surface area contributed by atoms with E-state index in [4.69, 9.17) is 9.15 Å². The molecule has 0 spiro atoms. The molecule has 0 amide bonds. The molecular formula is C22H34NO3+. The number of furan rings is 1. The van der Waals surface area contributed by atoms with E-state index in [-0.39, 0.29) is 16.8 Å². The minimum absolute atomic E-state index is 0.0335. The molecule has 4 atom stereocenters. The van der Waals surface area contributed by atoms with E-state index in [1.165, 1.54) is 24.7 Å². The molecule has 0 aliphatic heterocycles. The number of ether oxygens (including phenoxy) is 1. The zero-order chi connectivity index (χ0) is 18.9. The number of quaternary nitrogens is 1. The maximum atomic E-state index is 12.6. The first-order valence-electron chi connectivity index (χ1n) is 9.97. The molecule has 2 fully saturated rings. The number of rotatable bonds is 5. The summed E-state index contributed by atoms with van der Waals surface area (Å²) in [7, 11) is 1.53. The summed E-state index contributed by atoms with van der Waals surface area (Å²) in [6.07, 6.45) is 9.08. The molecule has 0 unspecified atom stereocenters. The predicted octanol–water partition coefficient (Wildman–Crippen LogP) is 3.91. The maximum absolute atomic E-state index is 12.6. The lowest BCUT2D eigenvalue weighted by molar-refractivity contribution is -0.390. The van der Waals surface area contributed by atoms with E-state index in [1.54, 1.807) is 6.26 Å². The first-order valence-corrected chi connectivity index (χ1v) is 9.97. The molecule has 144 valence electrons. The molecule has 2 aliphatic carbocycles. The van der Waals surface area contributed by atoms with Crippen molar-refractivity contribution < 1.29 is 19.7 Å². The summed E-state index contributed by atoms with van der Waals surface area (Å²) in [4.78, 5) is 12.6. The highest BCUT2D eigenvalue weighted by atomic mass is 16.5. The predicted molar refractivity (Wildman–Crippen MR) is 101 cm³/mol. The van der Waals surface area contributed by atoms with E-state index < -0.39 is 0 Å². The molecule has 0 saturated heterocycles. The summed E-state index contributed by atoms with van der Waals surface area (Å²) >= 11 is 0. The van der Waals surface area contributed by atoms with Crippen LogP contribution in [0.4, 0.5) is 0 Å². The Bertz CT molecular complexity index is 679. The van der Waals surface area contributed by atoms with E-state index in [2.05, 4.69) is 32.2 Å². The fraction of sp³-hybridized carbons (Fsp3) is 0.682. The molecule has 0 radical (unpaired) electrons. The van der Waals surface area contributed by atoms with Crippen LogP contribution in [-0.4, -0.2) is 13.1 Å². The van der Waals surface area contributed by atoms with Gasteiger partial charge >= 0.3 is 5.97 Å². The number of allylic oxidation sites excluding steroid dienone is 1. The molecule has 3 rings (SSSR count). The third-order valence-electron chi connectivity index (χ3n) is 7.44. The Morgan fingerprint density at radius 3 is 2.88 bits per heavy atom. The van der Waals surface area contributed by atoms with E-state index in [0.29, 0.717) is 18.4 Å². The summed E-state index contributed by atoms with van der Waals surface area (Å²) < 4.78 is 10.8. The Kier molecular flexibility index (Phi) is 5.34. The van der Waals surface area contributed by atoms with Crippen LogP contribution in [0.15, 0.2) is 28.9 Å². The number of hydrogen-bond donors (Lipinski definition) is 1. The molecule has 0 aromatic carbocycles. The van der Waals surface area contributed by atoms with Crippen LogP contribution in [0.25, 0.3) is 0 Å². The van der Waals surface area contributed by atoms with Crippen LogP contribution in [0.5, 0.6) is 0 Å². The average Bonchev–Trinajstić information content (AvgIpc) is 3.07. The summed E-state index contributed by atoms with van der Waals surface area (Å²) in [6, 6.07) is 2.07. The number of hydrogen-bond acceptors (Lipinski definition) is 3. The molecule has 2 saturated carbocycles. The van der Waals surface area contributed by atoms with Gasteiger partial charge in [-0.1, -0.05) is 25.5 Å². The summed E-state index contributed by atoms with van der Waals surface area (Å²) in [5.74, 6) is 1.77. The van der Waals surface area contributed by atoms with Gasteiger partial charge in [-0.05, 0) is 74.3 Å². The second kappa shape index (κ2) is 7.22. The average molecular weight is 361 g/mol. The van der Waals surface area contributed by atoms with Gasteiger partial charge in [0.25, 0.3) is 0 Å². The highest BCUT2D eigenvalue weighted by Crippen LogP contribution is 2.62. The monoisotopic (exact) mass is 360 g/mol. The third-order valence-corrected chi connectivity index (χ3v) is 7.44. The van der Waals surface area contributed by atoms with Crippen LogP contribution in [0.1, 0.15) is 63.7 Å². The van der Waals surface area contributed by atoms with Crippen molar-refractivity contribution in [2.24, 2.45) is 22.7 Å². The molecule has 4 heteroatoms. The van der Waals surface area contributed by atoms with Crippen molar-refractivity contribution in [1.82, 2.24) is 0 Å². The minimum Gasteiger partial charge on any atom is -0.469 e. The fourth-order valence-electron chi connectivity index (χ4n) is 6.07. The molecule has 0 bridgehead atoms. The van der Waals surface area contributed by atoms with Crippen LogP contribution in [-0.2, 0) is 22.5 Å². The topological polar surface area (TPSA) is 67.1 Å². The van der Waals surface area contributed by atoms with Crippen molar-refractivity contribution >= 4 is 5.97 Å². The molecule has 4 nitrogen and oxygen atoms in total. The van der Waals surface area contributed by atoms with Crippen LogP contribution in [0, 0.1) is 22.7 Å². The van der Waals surface area contributed by atoms with Crippen LogP contribution >= 0.6 is 0 Å². The van der Waals surface area contributed by atoms with Crippen molar-refractivity contribution in [3.63, 3.8) is 0 Å². The molecule has 3 N–H and O–H groups in total. The van der Waals surface area contributed by atoms with Gasteiger partial charge in [-0.3, -0.25) is 4.79 Å². The van der Waals surface area contributed by atoms with Crippen molar-refractivity contribution in [3.8, 4) is 0 Å². The van der Waals surface area contributed by atoms with Gasteiger partial charge in [0, 0.05) is 0 Å². The Labute approximate surface area is 157 Å². The first kappa shape index (κ1) is 19.2. The molecule has 2 aliphatic rings. The first-order chi connectivity index (χ1) is 12.4. The fourth-order valence-corrected chi connectivity index (χ4v) is 6.07. The SMILES string of the molecule is C=C1CC[C@@H]2[C@](C)(CCC[C@]2(C)C(=O)OC)[C@H]1CCc1ccoc1C[NH3+]. The number of carbonyl (C=O) groups is 1. The lowest BCUT2D eigenvalue weighted by Gasteiger charge is -2.57. The highest BCUT2D eigenvalue weighted by Gasteiger charge is 2.57. The molecule has 1 aromatic heterocycles. The summed E-state index contributed by atoms with van der Waals surface area (Å²) in [6.45, 7) is 9.65. The van der Waals surface area contributed by atoms with E-state index in [0.717, 1.165) is 44.3 Å². The highest BCUT2D eigenvalue weighted by molar-refractivity contribution is 5.77. The second-order valence-corrected chi connectivity index (χ2v) is 8.73. The number of methoxy groups -OCH3 is 1. The summed E-state index contributed by atoms with van der Waals surface area (Å²) in [5, 5.41) is 0. The Hall–Kier alpha value is -1.55. The third kappa shape index (κ3) is 3.02. The molecule has 1 aromatic rings. The second-order valence-electron chi connectivity index (χ2n) is 8.73. The Morgan fingerprint density at radius 2 is 2.19 bits per heavy atom. The van der Waals surface area contributed by atoms with Gasteiger partial charge in [-0.2, -0.15) is 0 Å². The normalized spacial score (nSPS) is 34.4. The lowest BCUT2D eigenvalue weighted by Crippen LogP contribution is -2.53. The van der Waals surface area contributed by atoms with Gasteiger partial charge < -0.3 is 14.9 Å². The van der Waals surface area contributed by atoms with Gasteiger partial charge in [-0.15, -0.1) is 0 Å². The van der Waals surface area contributed by atoms with Crippen molar-refractivity contribution in [2.75, 3.05) is 7.11 Å². The largest absolute Gasteiger partial charge is 0.469 e. The van der Waals surface area contributed by atoms with Gasteiger partial charge in [0.15, 0.2) is 5.76 Å². The number of carbonyl (C=O) groups excluding carboxylic acids is 1.